The highest BCUT2D eigenvalue weighted by molar-refractivity contribution is 5.80. The number of methoxy groups -OCH3 is 1. The number of aryl methyl sites for hydroxylation is 1. The maximum absolute atomic E-state index is 11.8. The average molecular weight is 335 g/mol. The first-order chi connectivity index (χ1) is 11.6. The number of ether oxygens (including phenoxy) is 1. The van der Waals surface area contributed by atoms with Crippen LogP contribution in [0.3, 0.4) is 0 Å². The van der Waals surface area contributed by atoms with Crippen molar-refractivity contribution in [2.75, 3.05) is 43.5 Å². The third kappa shape index (κ3) is 5.33. The second kappa shape index (κ2) is 9.42. The van der Waals surface area contributed by atoms with Crippen LogP contribution in [0.4, 0.5) is 11.8 Å². The van der Waals surface area contributed by atoms with E-state index in [2.05, 4.69) is 25.5 Å². The zero-order valence-corrected chi connectivity index (χ0v) is 15.0. The zero-order valence-electron chi connectivity index (χ0n) is 15.0. The van der Waals surface area contributed by atoms with Gasteiger partial charge in [-0.1, -0.05) is 6.92 Å². The Bertz CT molecular complexity index is 528. The van der Waals surface area contributed by atoms with E-state index in [-0.39, 0.29) is 12.0 Å². The molecule has 0 radical (unpaired) electrons. The number of piperidine rings is 1. The van der Waals surface area contributed by atoms with Crippen LogP contribution in [0.15, 0.2) is 6.07 Å². The number of carbonyl (C=O) groups is 1. The number of amides is 1. The van der Waals surface area contributed by atoms with Gasteiger partial charge in [0, 0.05) is 45.0 Å². The highest BCUT2D eigenvalue weighted by Gasteiger charge is 2.15. The number of carbonyl (C=O) groups excluding carboxylic acids is 1. The van der Waals surface area contributed by atoms with E-state index in [1.807, 2.05) is 19.9 Å². The highest BCUT2D eigenvalue weighted by Crippen LogP contribution is 2.19. The van der Waals surface area contributed by atoms with Crippen LogP contribution in [0, 0.1) is 6.92 Å². The molecule has 2 N–H and O–H groups in total. The summed E-state index contributed by atoms with van der Waals surface area (Å²) < 4.78 is 5.11. The Hall–Kier alpha value is -1.89. The number of aromatic nitrogens is 2. The molecule has 2 heterocycles. The van der Waals surface area contributed by atoms with E-state index in [1.165, 1.54) is 19.3 Å². The third-order valence-electron chi connectivity index (χ3n) is 4.18. The minimum absolute atomic E-state index is 0.0824. The molecule has 0 aliphatic carbocycles. The second-order valence-electron chi connectivity index (χ2n) is 6.09. The minimum atomic E-state index is -0.383. The minimum Gasteiger partial charge on any atom is -0.372 e. The lowest BCUT2D eigenvalue weighted by Crippen LogP contribution is -2.38. The molecule has 0 bridgehead atoms. The molecule has 1 aromatic heterocycles. The Kier molecular flexibility index (Phi) is 7.24. The fourth-order valence-electron chi connectivity index (χ4n) is 2.85. The quantitative estimate of drug-likeness (QED) is 0.704. The van der Waals surface area contributed by atoms with Crippen molar-refractivity contribution in [2.24, 2.45) is 0 Å². The summed E-state index contributed by atoms with van der Waals surface area (Å²) >= 11 is 0. The topological polar surface area (TPSA) is 79.4 Å². The fourth-order valence-corrected chi connectivity index (χ4v) is 2.85. The Labute approximate surface area is 144 Å². The lowest BCUT2D eigenvalue weighted by molar-refractivity contribution is -0.131. The Morgan fingerprint density at radius 2 is 2.04 bits per heavy atom. The molecule has 1 atom stereocenters. The summed E-state index contributed by atoms with van der Waals surface area (Å²) in [6.45, 7) is 7.10. The van der Waals surface area contributed by atoms with Gasteiger partial charge in [0.25, 0.3) is 0 Å². The molecule has 1 aliphatic rings. The van der Waals surface area contributed by atoms with E-state index < -0.39 is 0 Å². The van der Waals surface area contributed by atoms with Crippen LogP contribution in [-0.4, -0.2) is 55.3 Å². The van der Waals surface area contributed by atoms with Crippen LogP contribution in [0.5, 0.6) is 0 Å². The lowest BCUT2D eigenvalue weighted by Gasteiger charge is -2.28. The van der Waals surface area contributed by atoms with Gasteiger partial charge in [-0.2, -0.15) is 4.98 Å². The van der Waals surface area contributed by atoms with Crippen molar-refractivity contribution in [3.63, 3.8) is 0 Å². The number of nitrogens with one attached hydrogen (secondary N) is 2. The first-order valence-electron chi connectivity index (χ1n) is 8.79. The van der Waals surface area contributed by atoms with Gasteiger partial charge in [-0.15, -0.1) is 0 Å². The van der Waals surface area contributed by atoms with Crippen LogP contribution in [-0.2, 0) is 9.53 Å². The van der Waals surface area contributed by atoms with Gasteiger partial charge in [-0.3, -0.25) is 4.79 Å². The molecule has 0 aromatic carbocycles. The number of hydrogen-bond donors (Lipinski definition) is 2. The third-order valence-corrected chi connectivity index (χ3v) is 4.18. The molecule has 1 unspecified atom stereocenters. The smallest absolute Gasteiger partial charge is 0.249 e. The van der Waals surface area contributed by atoms with Gasteiger partial charge in [0.15, 0.2) is 0 Å². The largest absolute Gasteiger partial charge is 0.372 e. The van der Waals surface area contributed by atoms with Crippen molar-refractivity contribution < 1.29 is 9.53 Å². The van der Waals surface area contributed by atoms with Crippen LogP contribution >= 0.6 is 0 Å². The molecule has 1 fully saturated rings. The molecule has 0 spiro atoms. The summed E-state index contributed by atoms with van der Waals surface area (Å²) in [7, 11) is 1.55. The predicted octanol–water partition coefficient (Wildman–Crippen LogP) is 1.73. The maximum Gasteiger partial charge on any atom is 0.249 e. The van der Waals surface area contributed by atoms with Crippen LogP contribution < -0.4 is 15.5 Å². The summed E-state index contributed by atoms with van der Waals surface area (Å²) in [6, 6.07) is 2.03. The second-order valence-corrected chi connectivity index (χ2v) is 6.09. The van der Waals surface area contributed by atoms with Crippen molar-refractivity contribution in [3.8, 4) is 0 Å². The Balaban J connectivity index is 1.84. The fraction of sp³-hybridized carbons (Fsp3) is 0.706. The summed E-state index contributed by atoms with van der Waals surface area (Å²) in [5.74, 6) is 1.52. The first-order valence-corrected chi connectivity index (χ1v) is 8.79. The molecule has 2 rings (SSSR count). The van der Waals surface area contributed by atoms with Crippen molar-refractivity contribution in [3.05, 3.63) is 11.8 Å². The monoisotopic (exact) mass is 335 g/mol. The van der Waals surface area contributed by atoms with E-state index >= 15 is 0 Å². The van der Waals surface area contributed by atoms with E-state index in [9.17, 15) is 4.79 Å². The van der Waals surface area contributed by atoms with Crippen LogP contribution in [0.25, 0.3) is 0 Å². The molecule has 7 heteroatoms. The number of nitrogens with zero attached hydrogens (tertiary/aromatic N) is 3. The van der Waals surface area contributed by atoms with E-state index in [1.54, 1.807) is 7.11 Å². The average Bonchev–Trinajstić information content (AvgIpc) is 2.60. The molecular weight excluding hydrogens is 306 g/mol. The van der Waals surface area contributed by atoms with Crippen molar-refractivity contribution in [2.45, 2.75) is 45.6 Å². The normalized spacial score (nSPS) is 15.9. The summed E-state index contributed by atoms with van der Waals surface area (Å²) in [6.07, 6.45) is 4.01. The number of rotatable bonds is 8. The van der Waals surface area contributed by atoms with Crippen molar-refractivity contribution in [1.82, 2.24) is 15.3 Å². The Morgan fingerprint density at radius 3 is 2.71 bits per heavy atom. The SMILES string of the molecule is CCC(OC)C(=O)NCCNc1nc(C)cc(N2CCCCC2)n1. The van der Waals surface area contributed by atoms with E-state index in [0.717, 1.165) is 24.6 Å². The lowest BCUT2D eigenvalue weighted by atomic mass is 10.1. The van der Waals surface area contributed by atoms with Gasteiger partial charge >= 0.3 is 0 Å². The predicted molar refractivity (Wildman–Crippen MR) is 95.4 cm³/mol. The molecule has 1 aliphatic heterocycles. The van der Waals surface area contributed by atoms with Crippen molar-refractivity contribution in [1.29, 1.82) is 0 Å². The number of anilines is 2. The van der Waals surface area contributed by atoms with Gasteiger partial charge in [-0.25, -0.2) is 4.98 Å². The summed E-state index contributed by atoms with van der Waals surface area (Å²) in [5, 5.41) is 6.05. The van der Waals surface area contributed by atoms with Crippen LogP contribution in [0.1, 0.15) is 38.3 Å². The molecular formula is C17H29N5O2. The zero-order chi connectivity index (χ0) is 17.4. The molecule has 134 valence electrons. The maximum atomic E-state index is 11.8. The van der Waals surface area contributed by atoms with Gasteiger partial charge in [0.2, 0.25) is 11.9 Å². The van der Waals surface area contributed by atoms with Gasteiger partial charge in [0.1, 0.15) is 11.9 Å². The molecule has 1 aromatic rings. The van der Waals surface area contributed by atoms with E-state index in [0.29, 0.717) is 25.5 Å². The van der Waals surface area contributed by atoms with Gasteiger partial charge in [-0.05, 0) is 32.6 Å². The highest BCUT2D eigenvalue weighted by atomic mass is 16.5. The first kappa shape index (κ1) is 18.4. The Morgan fingerprint density at radius 1 is 1.29 bits per heavy atom. The van der Waals surface area contributed by atoms with Crippen LogP contribution in [0.2, 0.25) is 0 Å². The molecule has 1 amide bonds. The van der Waals surface area contributed by atoms with Gasteiger partial charge in [0.05, 0.1) is 0 Å². The molecule has 24 heavy (non-hydrogen) atoms. The van der Waals surface area contributed by atoms with Crippen molar-refractivity contribution >= 4 is 17.7 Å². The standard InChI is InChI=1S/C17H29N5O2/c1-4-14(24-3)16(23)18-8-9-19-17-20-13(2)12-15(21-17)22-10-6-5-7-11-22/h12,14H,4-11H2,1-3H3,(H,18,23)(H,19,20,21). The van der Waals surface area contributed by atoms with Gasteiger partial charge < -0.3 is 20.3 Å². The number of hydrogen-bond acceptors (Lipinski definition) is 6. The summed E-state index contributed by atoms with van der Waals surface area (Å²) in [5.41, 5.74) is 0.947. The molecule has 0 saturated carbocycles. The molecule has 1 saturated heterocycles. The van der Waals surface area contributed by atoms with E-state index in [4.69, 9.17) is 4.74 Å². The molecule has 7 nitrogen and oxygen atoms in total. The summed E-state index contributed by atoms with van der Waals surface area (Å²) in [4.78, 5) is 23.2.